The van der Waals surface area contributed by atoms with E-state index < -0.39 is 0 Å². The Balaban J connectivity index is 3.63. The predicted octanol–water partition coefficient (Wildman–Crippen LogP) is 0.945. The molecule has 0 heterocycles. The average molecular weight is 199 g/mol. The lowest BCUT2D eigenvalue weighted by molar-refractivity contribution is 0.262. The lowest BCUT2D eigenvalue weighted by Gasteiger charge is -2.24. The van der Waals surface area contributed by atoms with Gasteiger partial charge in [0.2, 0.25) is 0 Å². The van der Waals surface area contributed by atoms with Crippen molar-refractivity contribution >= 4 is 0 Å². The van der Waals surface area contributed by atoms with E-state index in [1.807, 2.05) is 6.20 Å². The predicted molar refractivity (Wildman–Crippen MR) is 63.5 cm³/mol. The van der Waals surface area contributed by atoms with Crippen molar-refractivity contribution in [3.8, 4) is 0 Å². The van der Waals surface area contributed by atoms with Crippen LogP contribution >= 0.6 is 0 Å². The van der Waals surface area contributed by atoms with Crippen LogP contribution in [0.5, 0.6) is 0 Å². The van der Waals surface area contributed by atoms with Crippen LogP contribution in [0.1, 0.15) is 6.92 Å². The summed E-state index contributed by atoms with van der Waals surface area (Å²) in [6.45, 7) is 11.4. The molecule has 0 aliphatic carbocycles. The van der Waals surface area contributed by atoms with Gasteiger partial charge in [-0.2, -0.15) is 0 Å². The molecule has 0 aromatic rings. The van der Waals surface area contributed by atoms with Crippen molar-refractivity contribution in [1.29, 1.82) is 0 Å². The first-order valence-electron chi connectivity index (χ1n) is 5.30. The summed E-state index contributed by atoms with van der Waals surface area (Å²) >= 11 is 0. The number of rotatable bonds is 8. The normalized spacial score (nSPS) is 11.0. The van der Waals surface area contributed by atoms with Crippen LogP contribution in [0.4, 0.5) is 0 Å². The van der Waals surface area contributed by atoms with E-state index in [1.54, 1.807) is 0 Å². The van der Waals surface area contributed by atoms with Crippen LogP contribution < -0.4 is 0 Å². The van der Waals surface area contributed by atoms with E-state index in [2.05, 4.69) is 49.3 Å². The zero-order chi connectivity index (χ0) is 11.0. The molecule has 0 bridgehead atoms. The first kappa shape index (κ1) is 13.5. The molecule has 0 N–H and O–H groups in total. The Labute approximate surface area is 89.0 Å². The zero-order valence-corrected chi connectivity index (χ0v) is 10.2. The second-order valence-corrected chi connectivity index (χ2v) is 3.92. The third-order valence-corrected chi connectivity index (χ3v) is 2.40. The van der Waals surface area contributed by atoms with Crippen LogP contribution in [0.2, 0.25) is 0 Å². The first-order chi connectivity index (χ1) is 6.60. The molecule has 0 saturated heterocycles. The minimum Gasteiger partial charge on any atom is -0.375 e. The minimum atomic E-state index is 1.06. The molecule has 0 fully saturated rings. The van der Waals surface area contributed by atoms with Crippen LogP contribution in [0.25, 0.3) is 0 Å². The molecule has 0 saturated carbocycles. The molecule has 0 aromatic heterocycles. The van der Waals surface area contributed by atoms with Crippen molar-refractivity contribution in [2.24, 2.45) is 0 Å². The Morgan fingerprint density at radius 3 is 2.00 bits per heavy atom. The van der Waals surface area contributed by atoms with Gasteiger partial charge in [0, 0.05) is 26.2 Å². The fraction of sp³-hybridized carbons (Fsp3) is 0.818. The van der Waals surface area contributed by atoms with E-state index in [-0.39, 0.29) is 0 Å². The summed E-state index contributed by atoms with van der Waals surface area (Å²) in [6, 6.07) is 0. The van der Waals surface area contributed by atoms with Crippen LogP contribution in [0.15, 0.2) is 12.8 Å². The highest BCUT2D eigenvalue weighted by Crippen LogP contribution is 1.91. The van der Waals surface area contributed by atoms with E-state index in [9.17, 15) is 0 Å². The van der Waals surface area contributed by atoms with E-state index in [0.717, 1.165) is 32.7 Å². The van der Waals surface area contributed by atoms with Gasteiger partial charge in [0.1, 0.15) is 0 Å². The Morgan fingerprint density at radius 2 is 1.57 bits per heavy atom. The molecule has 0 aliphatic heterocycles. The highest BCUT2D eigenvalue weighted by Gasteiger charge is 2.01. The minimum absolute atomic E-state index is 1.06. The summed E-state index contributed by atoms with van der Waals surface area (Å²) in [4.78, 5) is 6.78. The summed E-state index contributed by atoms with van der Waals surface area (Å²) in [5.41, 5.74) is 0. The molecule has 0 aromatic carbocycles. The van der Waals surface area contributed by atoms with Gasteiger partial charge < -0.3 is 14.7 Å². The molecule has 0 atom stereocenters. The maximum absolute atomic E-state index is 3.83. The Hall–Kier alpha value is -0.540. The van der Waals surface area contributed by atoms with Gasteiger partial charge in [-0.1, -0.05) is 13.5 Å². The molecule has 0 radical (unpaired) electrons. The van der Waals surface area contributed by atoms with E-state index in [1.165, 1.54) is 0 Å². The average Bonchev–Trinajstić information content (AvgIpc) is 2.17. The van der Waals surface area contributed by atoms with Gasteiger partial charge in [0.25, 0.3) is 0 Å². The van der Waals surface area contributed by atoms with E-state index in [4.69, 9.17) is 0 Å². The molecular formula is C11H25N3. The SMILES string of the molecule is C=CN(CCN(C)C)CCN(C)CC. The van der Waals surface area contributed by atoms with E-state index >= 15 is 0 Å². The Bertz CT molecular complexity index is 145. The van der Waals surface area contributed by atoms with Gasteiger partial charge in [-0.15, -0.1) is 0 Å². The lowest BCUT2D eigenvalue weighted by Crippen LogP contribution is -2.34. The van der Waals surface area contributed by atoms with E-state index in [0.29, 0.717) is 0 Å². The maximum Gasteiger partial charge on any atom is 0.0300 e. The third-order valence-electron chi connectivity index (χ3n) is 2.40. The molecule has 3 heteroatoms. The molecular weight excluding hydrogens is 174 g/mol. The molecule has 0 amide bonds. The van der Waals surface area contributed by atoms with Crippen LogP contribution in [-0.4, -0.2) is 68.6 Å². The van der Waals surface area contributed by atoms with Crippen LogP contribution in [-0.2, 0) is 0 Å². The van der Waals surface area contributed by atoms with Crippen molar-refractivity contribution < 1.29 is 0 Å². The highest BCUT2D eigenvalue weighted by atomic mass is 15.2. The molecule has 3 nitrogen and oxygen atoms in total. The summed E-state index contributed by atoms with van der Waals surface area (Å²) in [6.07, 6.45) is 1.94. The lowest BCUT2D eigenvalue weighted by atomic mass is 10.4. The molecule has 0 unspecified atom stereocenters. The summed E-state index contributed by atoms with van der Waals surface area (Å²) in [7, 11) is 6.34. The Morgan fingerprint density at radius 1 is 1.00 bits per heavy atom. The topological polar surface area (TPSA) is 9.72 Å². The van der Waals surface area contributed by atoms with Crippen molar-refractivity contribution in [2.45, 2.75) is 6.92 Å². The van der Waals surface area contributed by atoms with Gasteiger partial charge in [-0.25, -0.2) is 0 Å². The van der Waals surface area contributed by atoms with Gasteiger partial charge in [0.05, 0.1) is 0 Å². The quantitative estimate of drug-likeness (QED) is 0.576. The number of hydrogen-bond acceptors (Lipinski definition) is 3. The van der Waals surface area contributed by atoms with Gasteiger partial charge >= 0.3 is 0 Å². The van der Waals surface area contributed by atoms with Crippen molar-refractivity contribution in [3.05, 3.63) is 12.8 Å². The third kappa shape index (κ3) is 6.92. The molecule has 0 aliphatic rings. The fourth-order valence-corrected chi connectivity index (χ4v) is 1.08. The molecule has 84 valence electrons. The van der Waals surface area contributed by atoms with Gasteiger partial charge in [0.15, 0.2) is 0 Å². The van der Waals surface area contributed by atoms with Crippen molar-refractivity contribution in [3.63, 3.8) is 0 Å². The summed E-state index contributed by atoms with van der Waals surface area (Å²) < 4.78 is 0. The van der Waals surface area contributed by atoms with Gasteiger partial charge in [-0.05, 0) is 33.9 Å². The first-order valence-corrected chi connectivity index (χ1v) is 5.30. The van der Waals surface area contributed by atoms with Crippen molar-refractivity contribution in [1.82, 2.24) is 14.7 Å². The molecule has 0 rings (SSSR count). The zero-order valence-electron chi connectivity index (χ0n) is 10.2. The van der Waals surface area contributed by atoms with Crippen LogP contribution in [0, 0.1) is 0 Å². The smallest absolute Gasteiger partial charge is 0.0300 e. The number of nitrogens with zero attached hydrogens (tertiary/aromatic N) is 3. The molecule has 14 heavy (non-hydrogen) atoms. The highest BCUT2D eigenvalue weighted by molar-refractivity contribution is 4.72. The van der Waals surface area contributed by atoms with Crippen molar-refractivity contribution in [2.75, 3.05) is 53.9 Å². The number of likely N-dealkylation sites (N-methyl/N-ethyl adjacent to an activating group) is 2. The maximum atomic E-state index is 3.83. The monoisotopic (exact) mass is 199 g/mol. The van der Waals surface area contributed by atoms with Crippen LogP contribution in [0.3, 0.4) is 0 Å². The Kier molecular flexibility index (Phi) is 7.52. The second-order valence-electron chi connectivity index (χ2n) is 3.92. The largest absolute Gasteiger partial charge is 0.375 e. The summed E-state index contributed by atoms with van der Waals surface area (Å²) in [5.74, 6) is 0. The fourth-order valence-electron chi connectivity index (χ4n) is 1.08. The molecule has 0 spiro atoms. The summed E-state index contributed by atoms with van der Waals surface area (Å²) in [5, 5.41) is 0. The van der Waals surface area contributed by atoms with Gasteiger partial charge in [-0.3, -0.25) is 0 Å². The number of hydrogen-bond donors (Lipinski definition) is 0. The second kappa shape index (κ2) is 7.83. The standard InChI is InChI=1S/C11H25N3/c1-6-13(5)9-11-14(7-2)10-8-12(3)4/h7H,2,6,8-11H2,1,3-5H3.